The maximum Gasteiger partial charge on any atom is 0.235 e. The molecule has 158 valence electrons. The third kappa shape index (κ3) is 3.94. The van der Waals surface area contributed by atoms with E-state index >= 15 is 0 Å². The Bertz CT molecular complexity index is 984. The van der Waals surface area contributed by atoms with Crippen molar-refractivity contribution in [2.75, 3.05) is 42.3 Å². The molecule has 2 aliphatic carbocycles. The molecule has 1 saturated heterocycles. The molecule has 3 heterocycles. The van der Waals surface area contributed by atoms with Crippen LogP contribution >= 0.6 is 23.1 Å². The molecule has 0 spiro atoms. The summed E-state index contributed by atoms with van der Waals surface area (Å²) in [4.78, 5) is 16.1. The molecule has 2 aromatic rings. The second-order valence-corrected chi connectivity index (χ2v) is 9.89. The van der Waals surface area contributed by atoms with E-state index in [9.17, 15) is 10.1 Å². The van der Waals surface area contributed by atoms with Crippen LogP contribution in [0.5, 0.6) is 0 Å². The molecule has 8 nitrogen and oxygen atoms in total. The molecule has 5 rings (SSSR count). The van der Waals surface area contributed by atoms with Crippen molar-refractivity contribution in [2.24, 2.45) is 0 Å². The number of amides is 1. The van der Waals surface area contributed by atoms with E-state index in [0.29, 0.717) is 29.8 Å². The van der Waals surface area contributed by atoms with E-state index in [1.54, 1.807) is 11.3 Å². The van der Waals surface area contributed by atoms with E-state index in [4.69, 9.17) is 4.74 Å². The summed E-state index contributed by atoms with van der Waals surface area (Å²) in [6.45, 7) is 3.04. The fraction of sp³-hybridized carbons (Fsp3) is 0.600. The first kappa shape index (κ1) is 19.8. The van der Waals surface area contributed by atoms with Crippen molar-refractivity contribution in [3.63, 3.8) is 0 Å². The number of rotatable bonds is 6. The second-order valence-electron chi connectivity index (χ2n) is 7.85. The minimum absolute atomic E-state index is 0.103. The quantitative estimate of drug-likeness (QED) is 0.684. The van der Waals surface area contributed by atoms with Crippen LogP contribution in [0.2, 0.25) is 0 Å². The summed E-state index contributed by atoms with van der Waals surface area (Å²) >= 11 is 2.98. The lowest BCUT2D eigenvalue weighted by molar-refractivity contribution is -0.113. The number of nitriles is 1. The third-order valence-electron chi connectivity index (χ3n) is 5.72. The highest BCUT2D eigenvalue weighted by Gasteiger charge is 2.32. The number of thiophene rings is 1. The minimum Gasteiger partial charge on any atom is -0.378 e. The average molecular weight is 445 g/mol. The van der Waals surface area contributed by atoms with Gasteiger partial charge in [0.05, 0.1) is 24.5 Å². The van der Waals surface area contributed by atoms with Crippen LogP contribution < -0.4 is 10.2 Å². The summed E-state index contributed by atoms with van der Waals surface area (Å²) in [5.74, 6) is 1.04. The van der Waals surface area contributed by atoms with E-state index < -0.39 is 0 Å². The molecule has 2 fully saturated rings. The Morgan fingerprint density at radius 3 is 2.83 bits per heavy atom. The number of carbonyl (C=O) groups is 1. The second kappa shape index (κ2) is 8.57. The Hall–Kier alpha value is -2.09. The zero-order valence-electron chi connectivity index (χ0n) is 16.7. The van der Waals surface area contributed by atoms with Gasteiger partial charge in [0, 0.05) is 24.0 Å². The van der Waals surface area contributed by atoms with Gasteiger partial charge < -0.3 is 15.0 Å². The lowest BCUT2D eigenvalue weighted by atomic mass is 9.96. The topological polar surface area (TPSA) is 96.1 Å². The molecule has 0 unspecified atom stereocenters. The van der Waals surface area contributed by atoms with Gasteiger partial charge in [0.15, 0.2) is 5.16 Å². The number of nitrogens with one attached hydrogen (secondary N) is 1. The monoisotopic (exact) mass is 444 g/mol. The van der Waals surface area contributed by atoms with Crippen LogP contribution in [-0.4, -0.2) is 52.7 Å². The van der Waals surface area contributed by atoms with Gasteiger partial charge in [-0.2, -0.15) is 5.26 Å². The number of aryl methyl sites for hydroxylation is 1. The molecular weight excluding hydrogens is 420 g/mol. The predicted molar refractivity (Wildman–Crippen MR) is 116 cm³/mol. The number of anilines is 2. The van der Waals surface area contributed by atoms with Gasteiger partial charge in [-0.25, -0.2) is 0 Å². The SMILES string of the molecule is N#Cc1c(NC(=O)CSc2nnc(N3CCOCC3)n2C2CC2)sc2c1CCCC2. The van der Waals surface area contributed by atoms with Crippen molar-refractivity contribution >= 4 is 40.0 Å². The molecule has 0 bridgehead atoms. The van der Waals surface area contributed by atoms with Gasteiger partial charge >= 0.3 is 0 Å². The van der Waals surface area contributed by atoms with Gasteiger partial charge in [-0.3, -0.25) is 9.36 Å². The summed E-state index contributed by atoms with van der Waals surface area (Å²) in [5, 5.41) is 22.9. The number of carbonyl (C=O) groups excluding carboxylic acids is 1. The summed E-state index contributed by atoms with van der Waals surface area (Å²) in [6, 6.07) is 2.73. The van der Waals surface area contributed by atoms with Crippen LogP contribution in [0.25, 0.3) is 0 Å². The fourth-order valence-corrected chi connectivity index (χ4v) is 6.12. The van der Waals surface area contributed by atoms with Gasteiger partial charge in [-0.15, -0.1) is 21.5 Å². The first-order valence-corrected chi connectivity index (χ1v) is 12.3. The van der Waals surface area contributed by atoms with Crippen molar-refractivity contribution in [3.05, 3.63) is 16.0 Å². The smallest absolute Gasteiger partial charge is 0.235 e. The van der Waals surface area contributed by atoms with Crippen LogP contribution in [0.4, 0.5) is 10.9 Å². The van der Waals surface area contributed by atoms with Gasteiger partial charge in [0.1, 0.15) is 11.1 Å². The third-order valence-corrected chi connectivity index (χ3v) is 7.87. The van der Waals surface area contributed by atoms with Crippen molar-refractivity contribution in [3.8, 4) is 6.07 Å². The highest BCUT2D eigenvalue weighted by Crippen LogP contribution is 2.41. The molecule has 30 heavy (non-hydrogen) atoms. The molecule has 3 aliphatic rings. The number of thioether (sulfide) groups is 1. The highest BCUT2D eigenvalue weighted by atomic mass is 32.2. The molecule has 1 N–H and O–H groups in total. The van der Waals surface area contributed by atoms with Crippen molar-refractivity contribution in [1.82, 2.24) is 14.8 Å². The Kier molecular flexibility index (Phi) is 5.67. The Balaban J connectivity index is 1.27. The van der Waals surface area contributed by atoms with Gasteiger partial charge in [0.2, 0.25) is 11.9 Å². The standard InChI is InChI=1S/C20H24N6O2S2/c21-11-15-14-3-1-2-4-16(14)30-18(15)22-17(27)12-29-20-24-23-19(26(20)13-5-6-13)25-7-9-28-10-8-25/h13H,1-10,12H2,(H,22,27). The van der Waals surface area contributed by atoms with Crippen LogP contribution in [0.15, 0.2) is 5.16 Å². The molecule has 1 aliphatic heterocycles. The number of ether oxygens (including phenoxy) is 1. The van der Waals surface area contributed by atoms with E-state index in [1.807, 2.05) is 0 Å². The average Bonchev–Trinajstić information content (AvgIpc) is 3.42. The maximum atomic E-state index is 12.7. The molecule has 10 heteroatoms. The highest BCUT2D eigenvalue weighted by molar-refractivity contribution is 7.99. The molecular formula is C20H24N6O2S2. The molecule has 0 aromatic carbocycles. The van der Waals surface area contributed by atoms with E-state index in [-0.39, 0.29) is 11.7 Å². The van der Waals surface area contributed by atoms with Crippen LogP contribution in [-0.2, 0) is 22.4 Å². The lowest BCUT2D eigenvalue weighted by Gasteiger charge is -2.27. The number of aromatic nitrogens is 3. The van der Waals surface area contributed by atoms with E-state index in [0.717, 1.165) is 68.3 Å². The molecule has 1 saturated carbocycles. The number of morpholine rings is 1. The Morgan fingerprint density at radius 1 is 1.27 bits per heavy atom. The first-order valence-electron chi connectivity index (χ1n) is 10.5. The van der Waals surface area contributed by atoms with E-state index in [2.05, 4.69) is 31.1 Å². The van der Waals surface area contributed by atoms with Crippen LogP contribution in [0, 0.1) is 11.3 Å². The first-order chi connectivity index (χ1) is 14.7. The van der Waals surface area contributed by atoms with Gasteiger partial charge in [-0.05, 0) is 44.1 Å². The number of fused-ring (bicyclic) bond motifs is 1. The largest absolute Gasteiger partial charge is 0.378 e. The normalized spacial score (nSPS) is 18.7. The van der Waals surface area contributed by atoms with Crippen molar-refractivity contribution in [2.45, 2.75) is 49.7 Å². The van der Waals surface area contributed by atoms with Crippen molar-refractivity contribution in [1.29, 1.82) is 5.26 Å². The number of nitrogens with zero attached hydrogens (tertiary/aromatic N) is 5. The Morgan fingerprint density at radius 2 is 2.07 bits per heavy atom. The fourth-order valence-electron chi connectivity index (χ4n) is 4.06. The molecule has 0 atom stereocenters. The molecule has 1 amide bonds. The number of hydrogen-bond donors (Lipinski definition) is 1. The van der Waals surface area contributed by atoms with Crippen LogP contribution in [0.1, 0.15) is 47.7 Å². The summed E-state index contributed by atoms with van der Waals surface area (Å²) in [6.07, 6.45) is 6.47. The van der Waals surface area contributed by atoms with E-state index in [1.165, 1.54) is 16.6 Å². The summed E-state index contributed by atoms with van der Waals surface area (Å²) in [5.41, 5.74) is 1.80. The maximum absolute atomic E-state index is 12.7. The zero-order chi connectivity index (χ0) is 20.5. The van der Waals surface area contributed by atoms with Gasteiger partial charge in [0.25, 0.3) is 0 Å². The van der Waals surface area contributed by atoms with Crippen LogP contribution in [0.3, 0.4) is 0 Å². The lowest BCUT2D eigenvalue weighted by Crippen LogP contribution is -2.38. The predicted octanol–water partition coefficient (Wildman–Crippen LogP) is 2.99. The summed E-state index contributed by atoms with van der Waals surface area (Å²) in [7, 11) is 0. The zero-order valence-corrected chi connectivity index (χ0v) is 18.4. The van der Waals surface area contributed by atoms with Gasteiger partial charge in [-0.1, -0.05) is 11.8 Å². The number of hydrogen-bond acceptors (Lipinski definition) is 8. The Labute approximate surface area is 183 Å². The molecule has 0 radical (unpaired) electrons. The van der Waals surface area contributed by atoms with Crippen molar-refractivity contribution < 1.29 is 9.53 Å². The molecule has 2 aromatic heterocycles. The minimum atomic E-state index is -0.103. The summed E-state index contributed by atoms with van der Waals surface area (Å²) < 4.78 is 7.64.